The van der Waals surface area contributed by atoms with Crippen LogP contribution in [0.3, 0.4) is 0 Å². The van der Waals surface area contributed by atoms with Crippen LogP contribution in [0.1, 0.15) is 23.1 Å². The lowest BCUT2D eigenvalue weighted by Crippen LogP contribution is -2.04. The van der Waals surface area contributed by atoms with E-state index in [4.69, 9.17) is 0 Å². The molecule has 0 N–H and O–H groups in total. The summed E-state index contributed by atoms with van der Waals surface area (Å²) in [6.45, 7) is 4.82. The van der Waals surface area contributed by atoms with Crippen molar-refractivity contribution >= 4 is 14.4 Å². The molecule has 0 spiro atoms. The third-order valence-electron chi connectivity index (χ3n) is 4.62. The van der Waals surface area contributed by atoms with Gasteiger partial charge in [-0.15, -0.1) is 0 Å². The molecule has 0 saturated carbocycles. The Morgan fingerprint density at radius 2 is 1.86 bits per heavy atom. The fourth-order valence-electron chi connectivity index (χ4n) is 3.56. The van der Waals surface area contributed by atoms with Crippen molar-refractivity contribution in [3.05, 3.63) is 76.5 Å². The topological polar surface area (TPSA) is 0 Å². The maximum absolute atomic E-state index is 3.72. The van der Waals surface area contributed by atoms with Crippen molar-refractivity contribution in [3.63, 3.8) is 0 Å². The second-order valence-electron chi connectivity index (χ2n) is 6.29. The van der Waals surface area contributed by atoms with E-state index < -0.39 is 8.80 Å². The summed E-state index contributed by atoms with van der Waals surface area (Å²) in [7, 11) is -0.759. The lowest BCUT2D eigenvalue weighted by molar-refractivity contribution is 1.25. The van der Waals surface area contributed by atoms with E-state index in [9.17, 15) is 0 Å². The van der Waals surface area contributed by atoms with E-state index in [1.807, 2.05) is 0 Å². The van der Waals surface area contributed by atoms with Crippen LogP contribution >= 0.6 is 0 Å². The summed E-state index contributed by atoms with van der Waals surface area (Å²) in [5.74, 6) is 0. The molecule has 2 aromatic carbocycles. The molecule has 1 radical (unpaired) electrons. The van der Waals surface area contributed by atoms with Crippen molar-refractivity contribution < 1.29 is 0 Å². The van der Waals surface area contributed by atoms with Gasteiger partial charge in [0.2, 0.25) is 0 Å². The molecule has 0 fully saturated rings. The lowest BCUT2D eigenvalue weighted by Gasteiger charge is -2.11. The van der Waals surface area contributed by atoms with Crippen LogP contribution in [0, 0.1) is 6.07 Å². The molecule has 4 rings (SSSR count). The number of benzene rings is 2. The zero-order chi connectivity index (χ0) is 14.4. The first-order chi connectivity index (χ1) is 10.2. The van der Waals surface area contributed by atoms with Gasteiger partial charge in [-0.3, -0.25) is 0 Å². The van der Waals surface area contributed by atoms with E-state index in [1.54, 1.807) is 5.20 Å². The second-order valence-corrected chi connectivity index (χ2v) is 9.22. The Kier molecular flexibility index (Phi) is 2.97. The van der Waals surface area contributed by atoms with Gasteiger partial charge in [-0.05, 0) is 52.3 Å². The zero-order valence-corrected chi connectivity index (χ0v) is 13.8. The molecule has 0 bridgehead atoms. The molecule has 0 aliphatic heterocycles. The average molecular weight is 287 g/mol. The zero-order valence-electron chi connectivity index (χ0n) is 12.6. The molecule has 0 nitrogen and oxygen atoms in total. The van der Waals surface area contributed by atoms with Crippen LogP contribution in [0.4, 0.5) is 0 Å². The van der Waals surface area contributed by atoms with Crippen LogP contribution < -0.4 is 0 Å². The van der Waals surface area contributed by atoms with E-state index in [0.29, 0.717) is 0 Å². The van der Waals surface area contributed by atoms with Gasteiger partial charge in [-0.1, -0.05) is 66.8 Å². The number of allylic oxidation sites excluding steroid dienone is 4. The van der Waals surface area contributed by atoms with E-state index in [1.165, 1.54) is 33.4 Å². The highest BCUT2D eigenvalue weighted by Crippen LogP contribution is 2.39. The van der Waals surface area contributed by atoms with E-state index >= 15 is 0 Å². The second kappa shape index (κ2) is 4.85. The van der Waals surface area contributed by atoms with Gasteiger partial charge in [0.1, 0.15) is 0 Å². The highest BCUT2D eigenvalue weighted by atomic mass is 28.3. The molecule has 0 saturated heterocycles. The number of hydrogen-bond donors (Lipinski definition) is 0. The average Bonchev–Trinajstić information content (AvgIpc) is 3.11. The molecular formula is C20H19Si. The Bertz CT molecular complexity index is 778. The minimum Gasteiger partial charge on any atom is -0.0802 e. The van der Waals surface area contributed by atoms with E-state index in [0.717, 1.165) is 12.8 Å². The van der Waals surface area contributed by atoms with E-state index in [-0.39, 0.29) is 0 Å². The summed E-state index contributed by atoms with van der Waals surface area (Å²) >= 11 is 0. The summed E-state index contributed by atoms with van der Waals surface area (Å²) in [5.41, 5.74) is 8.44. The van der Waals surface area contributed by atoms with Gasteiger partial charge in [-0.25, -0.2) is 0 Å². The Morgan fingerprint density at radius 1 is 1.00 bits per heavy atom. The molecule has 103 valence electrons. The van der Waals surface area contributed by atoms with Gasteiger partial charge in [-0.2, -0.15) is 0 Å². The molecule has 21 heavy (non-hydrogen) atoms. The maximum Gasteiger partial charge on any atom is 0.0651 e. The first-order valence-electron chi connectivity index (χ1n) is 7.77. The van der Waals surface area contributed by atoms with Crippen LogP contribution in [-0.2, 0) is 6.42 Å². The molecule has 0 amide bonds. The predicted molar refractivity (Wildman–Crippen MR) is 93.1 cm³/mol. The normalized spacial score (nSPS) is 15.8. The number of rotatable bonds is 2. The molecule has 0 aromatic heterocycles. The van der Waals surface area contributed by atoms with Crippen molar-refractivity contribution in [2.75, 3.05) is 0 Å². The predicted octanol–water partition coefficient (Wildman–Crippen LogP) is 4.80. The van der Waals surface area contributed by atoms with Crippen molar-refractivity contribution in [1.29, 1.82) is 0 Å². The molecule has 2 aromatic rings. The van der Waals surface area contributed by atoms with Crippen LogP contribution in [0.2, 0.25) is 13.1 Å². The Hall–Kier alpha value is -1.86. The third kappa shape index (κ3) is 2.04. The van der Waals surface area contributed by atoms with Gasteiger partial charge < -0.3 is 0 Å². The van der Waals surface area contributed by atoms with Crippen molar-refractivity contribution in [3.8, 4) is 11.1 Å². The monoisotopic (exact) mass is 287 g/mol. The van der Waals surface area contributed by atoms with Crippen LogP contribution in [0.5, 0.6) is 0 Å². The highest BCUT2D eigenvalue weighted by molar-refractivity contribution is 6.66. The largest absolute Gasteiger partial charge is 0.0802 e. The molecule has 0 unspecified atom stereocenters. The Labute approximate surface area is 128 Å². The highest BCUT2D eigenvalue weighted by Gasteiger charge is 2.20. The molecule has 2 aliphatic rings. The first-order valence-corrected chi connectivity index (χ1v) is 10.7. The molecule has 1 heteroatoms. The van der Waals surface area contributed by atoms with Crippen molar-refractivity contribution in [2.45, 2.75) is 25.9 Å². The Morgan fingerprint density at radius 3 is 2.71 bits per heavy atom. The standard InChI is InChI=1S/C20H19Si/c1-21(2)20-9-5-8-19(20)15-10-11-18-16(13-15)12-14-6-3-4-7-17(14)18/h3-7,9-11,21H,8,12H2,1-2H3. The quantitative estimate of drug-likeness (QED) is 0.594. The fourth-order valence-corrected chi connectivity index (χ4v) is 5.05. The van der Waals surface area contributed by atoms with Crippen molar-refractivity contribution in [2.24, 2.45) is 0 Å². The minimum absolute atomic E-state index is 0.759. The molecule has 0 heterocycles. The van der Waals surface area contributed by atoms with E-state index in [2.05, 4.69) is 67.7 Å². The molecular weight excluding hydrogens is 268 g/mol. The number of fused-ring (bicyclic) bond motifs is 3. The molecule has 0 atom stereocenters. The maximum atomic E-state index is 3.72. The van der Waals surface area contributed by atoms with Crippen molar-refractivity contribution in [1.82, 2.24) is 0 Å². The summed E-state index contributed by atoms with van der Waals surface area (Å²) in [6, 6.07) is 17.0. The van der Waals surface area contributed by atoms with Gasteiger partial charge in [0.25, 0.3) is 0 Å². The smallest absolute Gasteiger partial charge is 0.0651 e. The molecule has 2 aliphatic carbocycles. The summed E-state index contributed by atoms with van der Waals surface area (Å²) in [6.07, 6.45) is 6.78. The van der Waals surface area contributed by atoms with Crippen LogP contribution in [0.25, 0.3) is 16.7 Å². The summed E-state index contributed by atoms with van der Waals surface area (Å²) in [5, 5.41) is 1.61. The van der Waals surface area contributed by atoms with Crippen LogP contribution in [0.15, 0.2) is 53.7 Å². The van der Waals surface area contributed by atoms with Gasteiger partial charge in [0.15, 0.2) is 0 Å². The van der Waals surface area contributed by atoms with Crippen LogP contribution in [-0.4, -0.2) is 8.80 Å². The fraction of sp³-hybridized carbons (Fsp3) is 0.200. The third-order valence-corrected chi connectivity index (χ3v) is 6.40. The Balaban J connectivity index is 1.79. The lowest BCUT2D eigenvalue weighted by atomic mass is 9.98. The number of hydrogen-bond acceptors (Lipinski definition) is 0. The SMILES string of the molecule is C[SiH](C)C1=C(c2[c]c3c(cc2)-c2ccccc2C3)CC=C1. The van der Waals surface area contributed by atoms with Gasteiger partial charge >= 0.3 is 0 Å². The summed E-state index contributed by atoms with van der Waals surface area (Å²) in [4.78, 5) is 0. The summed E-state index contributed by atoms with van der Waals surface area (Å²) < 4.78 is 0. The van der Waals surface area contributed by atoms with Gasteiger partial charge in [0, 0.05) is 0 Å². The first kappa shape index (κ1) is 12.8. The van der Waals surface area contributed by atoms with Gasteiger partial charge in [0.05, 0.1) is 8.80 Å². The minimum atomic E-state index is -0.759.